The predicted octanol–water partition coefficient (Wildman–Crippen LogP) is 11.2. The second-order valence-corrected chi connectivity index (χ2v) is 10.6. The van der Waals surface area contributed by atoms with Crippen LogP contribution >= 0.6 is 0 Å². The lowest BCUT2D eigenvalue weighted by Gasteiger charge is -2.27. The van der Waals surface area contributed by atoms with Crippen LogP contribution in [0.3, 0.4) is 0 Å². The van der Waals surface area contributed by atoms with Crippen molar-refractivity contribution in [3.8, 4) is 17.2 Å². The summed E-state index contributed by atoms with van der Waals surface area (Å²) in [5, 5.41) is 4.75. The van der Waals surface area contributed by atoms with Crippen LogP contribution in [0.2, 0.25) is 0 Å². The van der Waals surface area contributed by atoms with Crippen LogP contribution in [0.1, 0.15) is 0 Å². The van der Waals surface area contributed by atoms with Crippen LogP contribution in [-0.4, -0.2) is 4.57 Å². The number of rotatable bonds is 6. The van der Waals surface area contributed by atoms with Crippen molar-refractivity contribution < 1.29 is 4.74 Å². The summed E-state index contributed by atoms with van der Waals surface area (Å²) in [5.41, 5.74) is 6.65. The molecule has 1 aromatic heterocycles. The molecule has 8 aromatic rings. The first-order valence-electron chi connectivity index (χ1n) is 14.5. The van der Waals surface area contributed by atoms with Gasteiger partial charge in [0.25, 0.3) is 0 Å². The van der Waals surface area contributed by atoms with Crippen molar-refractivity contribution in [2.75, 3.05) is 4.90 Å². The molecule has 0 aliphatic rings. The van der Waals surface area contributed by atoms with Gasteiger partial charge in [0, 0.05) is 45.4 Å². The van der Waals surface area contributed by atoms with Gasteiger partial charge in [0.05, 0.1) is 16.7 Å². The Morgan fingerprint density at radius 1 is 0.419 bits per heavy atom. The van der Waals surface area contributed by atoms with Crippen LogP contribution in [0.4, 0.5) is 17.1 Å². The molecule has 43 heavy (non-hydrogen) atoms. The van der Waals surface area contributed by atoms with Crippen molar-refractivity contribution in [1.29, 1.82) is 0 Å². The average Bonchev–Trinajstić information content (AvgIpc) is 3.41. The molecular weight excluding hydrogens is 524 g/mol. The number of para-hydroxylation sites is 4. The minimum Gasteiger partial charge on any atom is -0.457 e. The molecule has 0 atom stereocenters. The van der Waals surface area contributed by atoms with Crippen molar-refractivity contribution >= 4 is 49.6 Å². The summed E-state index contributed by atoms with van der Waals surface area (Å²) in [7, 11) is 0. The van der Waals surface area contributed by atoms with E-state index in [4.69, 9.17) is 4.74 Å². The van der Waals surface area contributed by atoms with Crippen LogP contribution in [0.15, 0.2) is 170 Å². The first-order valence-corrected chi connectivity index (χ1v) is 14.5. The van der Waals surface area contributed by atoms with E-state index in [1.165, 1.54) is 21.8 Å². The van der Waals surface area contributed by atoms with E-state index in [-0.39, 0.29) is 0 Å². The van der Waals surface area contributed by atoms with Gasteiger partial charge in [0.15, 0.2) is 0 Å². The molecule has 0 saturated heterocycles. The molecule has 0 fully saturated rings. The molecule has 3 heteroatoms. The highest BCUT2D eigenvalue weighted by Crippen LogP contribution is 2.42. The van der Waals surface area contributed by atoms with E-state index in [9.17, 15) is 0 Å². The molecule has 0 aliphatic carbocycles. The topological polar surface area (TPSA) is 17.4 Å². The molecule has 0 bridgehead atoms. The molecular formula is C40H28N2O. The third kappa shape index (κ3) is 4.48. The lowest BCUT2D eigenvalue weighted by Crippen LogP contribution is -2.10. The van der Waals surface area contributed by atoms with Gasteiger partial charge in [0.1, 0.15) is 11.5 Å². The zero-order valence-electron chi connectivity index (χ0n) is 23.5. The summed E-state index contributed by atoms with van der Waals surface area (Å²) in [6.45, 7) is 0. The fraction of sp³-hybridized carbons (Fsp3) is 0. The van der Waals surface area contributed by atoms with Crippen molar-refractivity contribution in [2.45, 2.75) is 0 Å². The van der Waals surface area contributed by atoms with Gasteiger partial charge >= 0.3 is 0 Å². The molecule has 0 aliphatic heterocycles. The Hall–Kier alpha value is -5.80. The number of hydrogen-bond donors (Lipinski definition) is 0. The normalized spacial score (nSPS) is 11.3. The number of anilines is 3. The van der Waals surface area contributed by atoms with Crippen molar-refractivity contribution in [3.05, 3.63) is 170 Å². The van der Waals surface area contributed by atoms with Crippen LogP contribution < -0.4 is 9.64 Å². The maximum Gasteiger partial charge on any atom is 0.130 e. The van der Waals surface area contributed by atoms with Crippen molar-refractivity contribution in [2.24, 2.45) is 0 Å². The molecule has 0 N–H and O–H groups in total. The SMILES string of the molecule is c1ccc(N(c2ccccc2)c2cc(Oc3cccc(-n4c5ccccc5c5ccccc54)c3)cc3ccccc23)cc1. The minimum atomic E-state index is 0.782. The molecule has 3 nitrogen and oxygen atoms in total. The zero-order valence-corrected chi connectivity index (χ0v) is 23.5. The number of hydrogen-bond acceptors (Lipinski definition) is 2. The average molecular weight is 553 g/mol. The summed E-state index contributed by atoms with van der Waals surface area (Å²) in [5.74, 6) is 1.57. The van der Waals surface area contributed by atoms with Crippen molar-refractivity contribution in [3.63, 3.8) is 0 Å². The van der Waals surface area contributed by atoms with E-state index < -0.39 is 0 Å². The van der Waals surface area contributed by atoms with E-state index >= 15 is 0 Å². The second kappa shape index (κ2) is 10.6. The number of fused-ring (bicyclic) bond motifs is 4. The molecule has 0 saturated carbocycles. The quantitative estimate of drug-likeness (QED) is 0.204. The van der Waals surface area contributed by atoms with Crippen LogP contribution in [0, 0.1) is 0 Å². The van der Waals surface area contributed by atoms with Crippen LogP contribution in [0.25, 0.3) is 38.3 Å². The van der Waals surface area contributed by atoms with E-state index in [0.29, 0.717) is 0 Å². The number of aromatic nitrogens is 1. The van der Waals surface area contributed by atoms with Gasteiger partial charge in [-0.05, 0) is 60.0 Å². The molecule has 0 amide bonds. The van der Waals surface area contributed by atoms with Gasteiger partial charge in [0.2, 0.25) is 0 Å². The minimum absolute atomic E-state index is 0.782. The molecule has 0 unspecified atom stereocenters. The summed E-state index contributed by atoms with van der Waals surface area (Å²) >= 11 is 0. The maximum absolute atomic E-state index is 6.67. The number of benzene rings is 7. The van der Waals surface area contributed by atoms with Gasteiger partial charge in [-0.25, -0.2) is 0 Å². The van der Waals surface area contributed by atoms with E-state index in [0.717, 1.165) is 45.0 Å². The Morgan fingerprint density at radius 3 is 1.63 bits per heavy atom. The highest BCUT2D eigenvalue weighted by Gasteiger charge is 2.17. The van der Waals surface area contributed by atoms with E-state index in [2.05, 4.69) is 173 Å². The van der Waals surface area contributed by atoms with Gasteiger partial charge in [-0.1, -0.05) is 103 Å². The Balaban J connectivity index is 1.26. The van der Waals surface area contributed by atoms with Crippen LogP contribution in [0.5, 0.6) is 11.5 Å². The molecule has 0 spiro atoms. The summed E-state index contributed by atoms with van der Waals surface area (Å²) in [4.78, 5) is 2.30. The third-order valence-electron chi connectivity index (χ3n) is 7.97. The maximum atomic E-state index is 6.67. The second-order valence-electron chi connectivity index (χ2n) is 10.6. The number of ether oxygens (including phenoxy) is 1. The standard InChI is InChI=1S/C40H28N2O/c1-3-15-30(16-4-1)41(31-17-5-2-6-18-31)40-28-34(26-29-14-7-8-21-35(29)40)43-33-20-13-19-32(27-33)42-38-24-11-9-22-36(38)37-23-10-12-25-39(37)42/h1-28H. The lowest BCUT2D eigenvalue weighted by atomic mass is 10.1. The molecule has 1 heterocycles. The van der Waals surface area contributed by atoms with Crippen molar-refractivity contribution in [1.82, 2.24) is 4.57 Å². The van der Waals surface area contributed by atoms with Gasteiger partial charge in [-0.15, -0.1) is 0 Å². The Morgan fingerprint density at radius 2 is 0.977 bits per heavy atom. The summed E-state index contributed by atoms with van der Waals surface area (Å²) < 4.78 is 8.99. The summed E-state index contributed by atoms with van der Waals surface area (Å²) in [6, 6.07) is 59.3. The Bertz CT molecular complexity index is 2120. The van der Waals surface area contributed by atoms with Gasteiger partial charge < -0.3 is 14.2 Å². The molecule has 8 rings (SSSR count). The monoisotopic (exact) mass is 552 g/mol. The third-order valence-corrected chi connectivity index (χ3v) is 7.97. The lowest BCUT2D eigenvalue weighted by molar-refractivity contribution is 0.483. The van der Waals surface area contributed by atoms with E-state index in [1.54, 1.807) is 0 Å². The molecule has 0 radical (unpaired) electrons. The smallest absolute Gasteiger partial charge is 0.130 e. The fourth-order valence-corrected chi connectivity index (χ4v) is 6.11. The van der Waals surface area contributed by atoms with E-state index in [1.807, 2.05) is 6.07 Å². The zero-order chi connectivity index (χ0) is 28.6. The highest BCUT2D eigenvalue weighted by atomic mass is 16.5. The first-order chi connectivity index (χ1) is 21.3. The predicted molar refractivity (Wildman–Crippen MR) is 179 cm³/mol. The van der Waals surface area contributed by atoms with Gasteiger partial charge in [-0.2, -0.15) is 0 Å². The van der Waals surface area contributed by atoms with Crippen LogP contribution in [-0.2, 0) is 0 Å². The Labute approximate surface area is 250 Å². The fourth-order valence-electron chi connectivity index (χ4n) is 6.11. The Kier molecular flexibility index (Phi) is 6.12. The first kappa shape index (κ1) is 25.0. The summed E-state index contributed by atoms with van der Waals surface area (Å²) in [6.07, 6.45) is 0. The largest absolute Gasteiger partial charge is 0.457 e. The number of nitrogens with zero attached hydrogens (tertiary/aromatic N) is 2. The van der Waals surface area contributed by atoms with Gasteiger partial charge in [-0.3, -0.25) is 0 Å². The molecule has 7 aromatic carbocycles. The molecule has 204 valence electrons. The highest BCUT2D eigenvalue weighted by molar-refractivity contribution is 6.09.